The highest BCUT2D eigenvalue weighted by atomic mass is 16.4. The van der Waals surface area contributed by atoms with Gasteiger partial charge >= 0.3 is 5.97 Å². The molecular formula is C15H23NO3. The van der Waals surface area contributed by atoms with E-state index in [0.29, 0.717) is 13.0 Å². The van der Waals surface area contributed by atoms with Gasteiger partial charge in [0.15, 0.2) is 0 Å². The Morgan fingerprint density at radius 2 is 1.84 bits per heavy atom. The zero-order valence-electron chi connectivity index (χ0n) is 11.9. The number of aliphatic carboxylic acids is 1. The standard InChI is InChI=1S/C15H23NO3/c1-10-6-11(2)14(12(3)7-10)8-13(9-15(18)19)16-4-5-17/h6-7,13,16-17H,4-5,8-9H2,1-3H3,(H,18,19). The molecule has 0 amide bonds. The number of hydrogen-bond donors (Lipinski definition) is 3. The summed E-state index contributed by atoms with van der Waals surface area (Å²) in [5.41, 5.74) is 4.80. The summed E-state index contributed by atoms with van der Waals surface area (Å²) in [4.78, 5) is 10.9. The van der Waals surface area contributed by atoms with Gasteiger partial charge in [-0.25, -0.2) is 0 Å². The lowest BCUT2D eigenvalue weighted by Crippen LogP contribution is -2.35. The van der Waals surface area contributed by atoms with Gasteiger partial charge in [0.05, 0.1) is 13.0 Å². The molecule has 1 unspecified atom stereocenters. The van der Waals surface area contributed by atoms with Crippen LogP contribution >= 0.6 is 0 Å². The molecule has 1 rings (SSSR count). The van der Waals surface area contributed by atoms with Gasteiger partial charge in [0.25, 0.3) is 0 Å². The first-order valence-corrected chi connectivity index (χ1v) is 6.56. The van der Waals surface area contributed by atoms with Crippen LogP contribution < -0.4 is 5.32 Å². The number of aliphatic hydroxyl groups is 1. The number of aryl methyl sites for hydroxylation is 3. The Balaban J connectivity index is 2.86. The van der Waals surface area contributed by atoms with E-state index in [1.165, 1.54) is 22.3 Å². The Morgan fingerprint density at radius 3 is 2.32 bits per heavy atom. The number of benzene rings is 1. The van der Waals surface area contributed by atoms with Crippen molar-refractivity contribution in [3.8, 4) is 0 Å². The summed E-state index contributed by atoms with van der Waals surface area (Å²) in [6.45, 7) is 6.60. The first kappa shape index (κ1) is 15.7. The predicted octanol–water partition coefficient (Wildman–Crippen LogP) is 1.58. The summed E-state index contributed by atoms with van der Waals surface area (Å²) >= 11 is 0. The van der Waals surface area contributed by atoms with Crippen LogP contribution in [0.2, 0.25) is 0 Å². The summed E-state index contributed by atoms with van der Waals surface area (Å²) in [5.74, 6) is -0.821. The van der Waals surface area contributed by atoms with Crippen LogP contribution in [0.25, 0.3) is 0 Å². The summed E-state index contributed by atoms with van der Waals surface area (Å²) in [6.07, 6.45) is 0.733. The number of hydrogen-bond acceptors (Lipinski definition) is 3. The Hall–Kier alpha value is -1.39. The van der Waals surface area contributed by atoms with Crippen molar-refractivity contribution >= 4 is 5.97 Å². The molecule has 0 bridgehead atoms. The van der Waals surface area contributed by atoms with E-state index in [1.807, 2.05) is 0 Å². The van der Waals surface area contributed by atoms with Crippen molar-refractivity contribution in [2.45, 2.75) is 39.7 Å². The fourth-order valence-electron chi connectivity index (χ4n) is 2.47. The van der Waals surface area contributed by atoms with Gasteiger partial charge < -0.3 is 15.5 Å². The third-order valence-corrected chi connectivity index (χ3v) is 3.26. The van der Waals surface area contributed by atoms with Crippen molar-refractivity contribution in [2.75, 3.05) is 13.2 Å². The van der Waals surface area contributed by atoms with Gasteiger partial charge in [0.1, 0.15) is 0 Å². The van der Waals surface area contributed by atoms with Crippen LogP contribution in [0.3, 0.4) is 0 Å². The Kier molecular flexibility index (Phi) is 5.99. The number of carboxylic acid groups (broad SMARTS) is 1. The monoisotopic (exact) mass is 265 g/mol. The van der Waals surface area contributed by atoms with E-state index in [-0.39, 0.29) is 19.1 Å². The van der Waals surface area contributed by atoms with Crippen LogP contribution in [0.15, 0.2) is 12.1 Å². The molecule has 3 N–H and O–H groups in total. The second kappa shape index (κ2) is 7.26. The quantitative estimate of drug-likeness (QED) is 0.700. The molecule has 0 aliphatic rings. The molecule has 0 spiro atoms. The highest BCUT2D eigenvalue weighted by molar-refractivity contribution is 5.67. The zero-order valence-corrected chi connectivity index (χ0v) is 11.9. The number of nitrogens with one attached hydrogen (secondary N) is 1. The number of carbonyl (C=O) groups is 1. The Bertz CT molecular complexity index is 420. The molecule has 106 valence electrons. The van der Waals surface area contributed by atoms with Gasteiger partial charge in [-0.2, -0.15) is 0 Å². The second-order valence-electron chi connectivity index (χ2n) is 5.05. The van der Waals surface area contributed by atoms with Crippen molar-refractivity contribution in [3.05, 3.63) is 34.4 Å². The molecule has 0 saturated carbocycles. The van der Waals surface area contributed by atoms with Gasteiger partial charge in [-0.1, -0.05) is 17.7 Å². The summed E-state index contributed by atoms with van der Waals surface area (Å²) in [5, 5.41) is 20.9. The highest BCUT2D eigenvalue weighted by Gasteiger charge is 2.15. The van der Waals surface area contributed by atoms with E-state index >= 15 is 0 Å². The summed E-state index contributed by atoms with van der Waals surface area (Å²) in [6, 6.07) is 4.09. The molecule has 1 aromatic rings. The topological polar surface area (TPSA) is 69.6 Å². The molecule has 0 heterocycles. The minimum atomic E-state index is -0.821. The molecule has 4 nitrogen and oxygen atoms in total. The molecule has 4 heteroatoms. The van der Waals surface area contributed by atoms with E-state index in [9.17, 15) is 4.79 Å². The lowest BCUT2D eigenvalue weighted by molar-refractivity contribution is -0.137. The van der Waals surface area contributed by atoms with Crippen molar-refractivity contribution in [3.63, 3.8) is 0 Å². The number of aliphatic hydroxyl groups excluding tert-OH is 1. The zero-order chi connectivity index (χ0) is 14.4. The first-order chi connectivity index (χ1) is 8.93. The molecule has 1 aromatic carbocycles. The molecule has 0 aliphatic heterocycles. The summed E-state index contributed by atoms with van der Waals surface area (Å²) in [7, 11) is 0. The van der Waals surface area contributed by atoms with E-state index < -0.39 is 5.97 Å². The SMILES string of the molecule is Cc1cc(C)c(CC(CC(=O)O)NCCO)c(C)c1. The molecule has 19 heavy (non-hydrogen) atoms. The average Bonchev–Trinajstić information content (AvgIpc) is 2.29. The normalized spacial score (nSPS) is 12.4. The maximum absolute atomic E-state index is 10.9. The molecule has 0 radical (unpaired) electrons. The van der Waals surface area contributed by atoms with E-state index in [2.05, 4.69) is 38.2 Å². The smallest absolute Gasteiger partial charge is 0.304 e. The molecule has 0 aliphatic carbocycles. The molecule has 1 atom stereocenters. The third kappa shape index (κ3) is 5.01. The highest BCUT2D eigenvalue weighted by Crippen LogP contribution is 2.19. The fourth-order valence-corrected chi connectivity index (χ4v) is 2.47. The maximum atomic E-state index is 10.9. The van der Waals surface area contributed by atoms with Crippen LogP contribution in [0.1, 0.15) is 28.7 Å². The number of rotatable bonds is 7. The van der Waals surface area contributed by atoms with Gasteiger partial charge in [-0.15, -0.1) is 0 Å². The first-order valence-electron chi connectivity index (χ1n) is 6.56. The lowest BCUT2D eigenvalue weighted by Gasteiger charge is -2.19. The van der Waals surface area contributed by atoms with Gasteiger partial charge in [0.2, 0.25) is 0 Å². The van der Waals surface area contributed by atoms with Gasteiger partial charge in [0, 0.05) is 12.6 Å². The molecule has 0 aromatic heterocycles. The lowest BCUT2D eigenvalue weighted by atomic mass is 9.93. The maximum Gasteiger partial charge on any atom is 0.304 e. The third-order valence-electron chi connectivity index (χ3n) is 3.26. The van der Waals surface area contributed by atoms with Crippen LogP contribution in [0, 0.1) is 20.8 Å². The van der Waals surface area contributed by atoms with Crippen LogP contribution in [0.4, 0.5) is 0 Å². The van der Waals surface area contributed by atoms with Gasteiger partial charge in [-0.05, 0) is 43.9 Å². The second-order valence-corrected chi connectivity index (χ2v) is 5.05. The minimum absolute atomic E-state index is 0.0159. The van der Waals surface area contributed by atoms with Crippen molar-refractivity contribution in [1.82, 2.24) is 5.32 Å². The van der Waals surface area contributed by atoms with Crippen LogP contribution in [-0.2, 0) is 11.2 Å². The van der Waals surface area contributed by atoms with Crippen LogP contribution in [0.5, 0.6) is 0 Å². The minimum Gasteiger partial charge on any atom is -0.481 e. The van der Waals surface area contributed by atoms with Crippen molar-refractivity contribution in [2.24, 2.45) is 0 Å². The van der Waals surface area contributed by atoms with Crippen molar-refractivity contribution in [1.29, 1.82) is 0 Å². The number of carboxylic acids is 1. The molecular weight excluding hydrogens is 242 g/mol. The van der Waals surface area contributed by atoms with Crippen molar-refractivity contribution < 1.29 is 15.0 Å². The van der Waals surface area contributed by atoms with Gasteiger partial charge in [-0.3, -0.25) is 4.79 Å². The largest absolute Gasteiger partial charge is 0.481 e. The summed E-state index contributed by atoms with van der Waals surface area (Å²) < 4.78 is 0. The predicted molar refractivity (Wildman–Crippen MR) is 75.5 cm³/mol. The Morgan fingerprint density at radius 1 is 1.26 bits per heavy atom. The average molecular weight is 265 g/mol. The molecule has 0 fully saturated rings. The van der Waals surface area contributed by atoms with E-state index in [4.69, 9.17) is 10.2 Å². The van der Waals surface area contributed by atoms with Crippen LogP contribution in [-0.4, -0.2) is 35.4 Å². The van der Waals surface area contributed by atoms with E-state index in [0.717, 1.165) is 0 Å². The molecule has 0 saturated heterocycles. The Labute approximate surface area is 114 Å². The fraction of sp³-hybridized carbons (Fsp3) is 0.533. The van der Waals surface area contributed by atoms with E-state index in [1.54, 1.807) is 0 Å².